The maximum Gasteiger partial charge on any atom is 0.169 e. The number of aliphatic hydroxyl groups is 1. The number of ether oxygens (including phenoxy) is 2. The van der Waals surface area contributed by atoms with Gasteiger partial charge in [-0.2, -0.15) is 0 Å². The quantitative estimate of drug-likeness (QED) is 0.894. The average molecular weight is 276 g/mol. The average Bonchev–Trinajstić information content (AvgIpc) is 2.41. The van der Waals surface area contributed by atoms with Crippen LogP contribution < -0.4 is 9.47 Å². The second-order valence-electron chi connectivity index (χ2n) is 4.31. The van der Waals surface area contributed by atoms with E-state index in [-0.39, 0.29) is 11.3 Å². The van der Waals surface area contributed by atoms with E-state index in [4.69, 9.17) is 9.47 Å². The highest BCUT2D eigenvalue weighted by atomic mass is 19.1. The molecule has 0 aromatic heterocycles. The normalized spacial score (nSPS) is 12.0. The monoisotopic (exact) mass is 276 g/mol. The second-order valence-corrected chi connectivity index (χ2v) is 4.31. The van der Waals surface area contributed by atoms with Gasteiger partial charge in [-0.15, -0.1) is 0 Å². The first kappa shape index (κ1) is 14.3. The summed E-state index contributed by atoms with van der Waals surface area (Å²) in [6.07, 6.45) is -0.953. The summed E-state index contributed by atoms with van der Waals surface area (Å²) in [4.78, 5) is 0. The molecule has 106 valence electrons. The van der Waals surface area contributed by atoms with E-state index < -0.39 is 11.9 Å². The summed E-state index contributed by atoms with van der Waals surface area (Å²) in [5.74, 6) is 0.858. The summed E-state index contributed by atoms with van der Waals surface area (Å²) in [6.45, 7) is 3.88. The summed E-state index contributed by atoms with van der Waals surface area (Å²) < 4.78 is 24.9. The third-order valence-corrected chi connectivity index (χ3v) is 2.80. The maximum absolute atomic E-state index is 13.8. The zero-order chi connectivity index (χ0) is 14.5. The van der Waals surface area contributed by atoms with Crippen molar-refractivity contribution in [1.82, 2.24) is 0 Å². The maximum atomic E-state index is 13.8. The number of para-hydroxylation sites is 2. The molecule has 1 atom stereocenters. The third kappa shape index (κ3) is 3.08. The molecule has 2 aromatic carbocycles. The van der Waals surface area contributed by atoms with Crippen molar-refractivity contribution in [3.05, 3.63) is 53.8 Å². The fraction of sp³-hybridized carbons (Fsp3) is 0.250. The third-order valence-electron chi connectivity index (χ3n) is 2.80. The molecule has 0 unspecified atom stereocenters. The van der Waals surface area contributed by atoms with E-state index in [1.165, 1.54) is 13.0 Å². The molecular weight excluding hydrogens is 259 g/mol. The lowest BCUT2D eigenvalue weighted by molar-refractivity contribution is 0.190. The van der Waals surface area contributed by atoms with E-state index >= 15 is 0 Å². The van der Waals surface area contributed by atoms with Crippen molar-refractivity contribution >= 4 is 0 Å². The van der Waals surface area contributed by atoms with Gasteiger partial charge in [0.1, 0.15) is 11.6 Å². The molecule has 0 spiro atoms. The molecule has 0 aliphatic heterocycles. The van der Waals surface area contributed by atoms with E-state index in [1.54, 1.807) is 30.3 Å². The molecule has 0 bridgehead atoms. The van der Waals surface area contributed by atoms with Crippen molar-refractivity contribution in [2.75, 3.05) is 6.61 Å². The molecule has 3 nitrogen and oxygen atoms in total. The molecule has 20 heavy (non-hydrogen) atoms. The highest BCUT2D eigenvalue weighted by Crippen LogP contribution is 2.35. The van der Waals surface area contributed by atoms with Crippen LogP contribution in [-0.4, -0.2) is 11.7 Å². The summed E-state index contributed by atoms with van der Waals surface area (Å²) in [7, 11) is 0. The molecule has 0 radical (unpaired) electrons. The van der Waals surface area contributed by atoms with Crippen LogP contribution in [0.25, 0.3) is 0 Å². The first-order valence-electron chi connectivity index (χ1n) is 6.49. The van der Waals surface area contributed by atoms with Gasteiger partial charge in [0.2, 0.25) is 0 Å². The van der Waals surface area contributed by atoms with E-state index in [0.29, 0.717) is 18.1 Å². The highest BCUT2D eigenvalue weighted by molar-refractivity contribution is 5.45. The number of hydrogen-bond donors (Lipinski definition) is 1. The summed E-state index contributed by atoms with van der Waals surface area (Å²) in [6, 6.07) is 11.6. The Morgan fingerprint density at radius 1 is 1.05 bits per heavy atom. The Morgan fingerprint density at radius 2 is 1.70 bits per heavy atom. The lowest BCUT2D eigenvalue weighted by Crippen LogP contribution is -2.01. The van der Waals surface area contributed by atoms with E-state index in [2.05, 4.69) is 0 Å². The Balaban J connectivity index is 2.38. The molecule has 0 fully saturated rings. The number of halogens is 1. The van der Waals surface area contributed by atoms with Gasteiger partial charge in [0.15, 0.2) is 11.5 Å². The number of rotatable bonds is 5. The minimum atomic E-state index is -0.953. The van der Waals surface area contributed by atoms with Crippen molar-refractivity contribution in [2.45, 2.75) is 20.0 Å². The van der Waals surface area contributed by atoms with Crippen LogP contribution in [0.5, 0.6) is 17.2 Å². The Morgan fingerprint density at radius 3 is 2.35 bits per heavy atom. The van der Waals surface area contributed by atoms with Crippen molar-refractivity contribution < 1.29 is 19.0 Å². The van der Waals surface area contributed by atoms with E-state index in [9.17, 15) is 9.50 Å². The van der Waals surface area contributed by atoms with Crippen LogP contribution >= 0.6 is 0 Å². The lowest BCUT2D eigenvalue weighted by atomic mass is 10.1. The zero-order valence-corrected chi connectivity index (χ0v) is 11.5. The topological polar surface area (TPSA) is 38.7 Å². The molecule has 0 aliphatic rings. The molecule has 0 amide bonds. The Labute approximate surface area is 117 Å². The predicted octanol–water partition coefficient (Wildman–Crippen LogP) is 4.07. The number of benzene rings is 2. The van der Waals surface area contributed by atoms with Crippen LogP contribution in [0.1, 0.15) is 25.5 Å². The standard InChI is InChI=1S/C16H17FO3/c1-3-19-13-8-4-5-9-14(13)20-15-10-6-7-12(17)16(15)11(2)18/h4-11,18H,3H2,1-2H3/t11-/m1/s1. The van der Waals surface area contributed by atoms with Crippen molar-refractivity contribution in [3.63, 3.8) is 0 Å². The van der Waals surface area contributed by atoms with Gasteiger partial charge in [0, 0.05) is 0 Å². The minimum absolute atomic E-state index is 0.138. The predicted molar refractivity (Wildman–Crippen MR) is 74.7 cm³/mol. The van der Waals surface area contributed by atoms with Gasteiger partial charge in [-0.05, 0) is 38.1 Å². The Bertz CT molecular complexity index is 582. The van der Waals surface area contributed by atoms with Crippen LogP contribution in [0.4, 0.5) is 4.39 Å². The summed E-state index contributed by atoms with van der Waals surface area (Å²) in [5.41, 5.74) is 0.138. The van der Waals surface area contributed by atoms with Gasteiger partial charge in [0.25, 0.3) is 0 Å². The number of aliphatic hydroxyl groups excluding tert-OH is 1. The fourth-order valence-electron chi connectivity index (χ4n) is 1.94. The molecule has 0 saturated heterocycles. The summed E-state index contributed by atoms with van der Waals surface area (Å²) >= 11 is 0. The van der Waals surface area contributed by atoms with Gasteiger partial charge in [-0.25, -0.2) is 4.39 Å². The Kier molecular flexibility index (Phi) is 4.58. The van der Waals surface area contributed by atoms with Crippen LogP contribution in [0.3, 0.4) is 0 Å². The number of hydrogen-bond acceptors (Lipinski definition) is 3. The van der Waals surface area contributed by atoms with Gasteiger partial charge in [-0.1, -0.05) is 18.2 Å². The summed E-state index contributed by atoms with van der Waals surface area (Å²) in [5, 5.41) is 9.68. The lowest BCUT2D eigenvalue weighted by Gasteiger charge is -2.16. The van der Waals surface area contributed by atoms with Crippen molar-refractivity contribution in [2.24, 2.45) is 0 Å². The van der Waals surface area contributed by atoms with E-state index in [1.807, 2.05) is 13.0 Å². The van der Waals surface area contributed by atoms with Crippen molar-refractivity contribution in [3.8, 4) is 17.2 Å². The molecule has 2 aromatic rings. The second kappa shape index (κ2) is 6.39. The first-order chi connectivity index (χ1) is 9.63. The zero-order valence-electron chi connectivity index (χ0n) is 11.5. The van der Waals surface area contributed by atoms with Crippen LogP contribution in [0.2, 0.25) is 0 Å². The smallest absolute Gasteiger partial charge is 0.169 e. The SMILES string of the molecule is CCOc1ccccc1Oc1cccc(F)c1[C@@H](C)O. The van der Waals surface area contributed by atoms with Crippen LogP contribution in [-0.2, 0) is 0 Å². The highest BCUT2D eigenvalue weighted by Gasteiger charge is 2.16. The Hall–Kier alpha value is -2.07. The van der Waals surface area contributed by atoms with Crippen LogP contribution in [0.15, 0.2) is 42.5 Å². The molecule has 1 N–H and O–H groups in total. The molecule has 0 heterocycles. The molecule has 4 heteroatoms. The fourth-order valence-corrected chi connectivity index (χ4v) is 1.94. The minimum Gasteiger partial charge on any atom is -0.490 e. The van der Waals surface area contributed by atoms with Gasteiger partial charge in [0.05, 0.1) is 18.3 Å². The van der Waals surface area contributed by atoms with Crippen molar-refractivity contribution in [1.29, 1.82) is 0 Å². The molecular formula is C16H17FO3. The first-order valence-corrected chi connectivity index (χ1v) is 6.49. The van der Waals surface area contributed by atoms with E-state index in [0.717, 1.165) is 0 Å². The van der Waals surface area contributed by atoms with Crippen LogP contribution in [0, 0.1) is 5.82 Å². The van der Waals surface area contributed by atoms with Gasteiger partial charge < -0.3 is 14.6 Å². The van der Waals surface area contributed by atoms with Gasteiger partial charge in [-0.3, -0.25) is 0 Å². The largest absolute Gasteiger partial charge is 0.490 e. The molecule has 0 saturated carbocycles. The molecule has 2 rings (SSSR count). The molecule has 0 aliphatic carbocycles. The van der Waals surface area contributed by atoms with Gasteiger partial charge >= 0.3 is 0 Å².